The minimum absolute atomic E-state index is 0.0754. The van der Waals surface area contributed by atoms with Crippen LogP contribution in [0.2, 0.25) is 0 Å². The number of nitrogens with two attached hydrogens (primary N) is 1. The van der Waals surface area contributed by atoms with Gasteiger partial charge in [-0.15, -0.1) is 0 Å². The summed E-state index contributed by atoms with van der Waals surface area (Å²) in [6.45, 7) is 0.00146. The van der Waals surface area contributed by atoms with E-state index in [1.807, 2.05) is 6.07 Å². The highest BCUT2D eigenvalue weighted by molar-refractivity contribution is 5.82. The van der Waals surface area contributed by atoms with Crippen LogP contribution in [0.15, 0.2) is 24.5 Å². The van der Waals surface area contributed by atoms with Crippen LogP contribution in [0.3, 0.4) is 0 Å². The number of primary amides is 1. The molecule has 0 spiro atoms. The van der Waals surface area contributed by atoms with Gasteiger partial charge in [0.1, 0.15) is 12.2 Å². The third-order valence-corrected chi connectivity index (χ3v) is 2.21. The molecule has 0 unspecified atom stereocenters. The van der Waals surface area contributed by atoms with E-state index in [9.17, 15) is 4.79 Å². The van der Waals surface area contributed by atoms with Crippen molar-refractivity contribution in [2.75, 3.05) is 0 Å². The molecule has 0 radical (unpaired) electrons. The van der Waals surface area contributed by atoms with Gasteiger partial charge in [0.05, 0.1) is 6.61 Å². The van der Waals surface area contributed by atoms with E-state index in [4.69, 9.17) is 10.8 Å². The summed E-state index contributed by atoms with van der Waals surface area (Å²) in [7, 11) is 0. The number of pyridine rings is 1. The molecule has 0 atom stereocenters. The minimum Gasteiger partial charge on any atom is -0.392 e. The van der Waals surface area contributed by atoms with Gasteiger partial charge in [0.25, 0.3) is 0 Å². The van der Waals surface area contributed by atoms with E-state index >= 15 is 0 Å². The number of amides is 1. The van der Waals surface area contributed by atoms with Gasteiger partial charge in [0, 0.05) is 23.3 Å². The fourth-order valence-electron chi connectivity index (χ4n) is 1.61. The highest BCUT2D eigenvalue weighted by Crippen LogP contribution is 2.18. The molecule has 2 aromatic rings. The summed E-state index contributed by atoms with van der Waals surface area (Å²) in [6, 6.07) is 3.64. The van der Waals surface area contributed by atoms with Crippen molar-refractivity contribution < 1.29 is 9.90 Å². The fraction of sp³-hybridized carbons (Fsp3) is 0.200. The number of aliphatic hydroxyl groups excluding tert-OH is 1. The summed E-state index contributed by atoms with van der Waals surface area (Å²) in [5.74, 6) is -0.429. The molecule has 0 aliphatic carbocycles. The van der Waals surface area contributed by atoms with Crippen molar-refractivity contribution >= 4 is 16.9 Å². The number of nitrogens with zero attached hydrogens (tertiary/aromatic N) is 2. The lowest BCUT2D eigenvalue weighted by atomic mass is 10.2. The molecule has 78 valence electrons. The summed E-state index contributed by atoms with van der Waals surface area (Å²) in [5, 5.41) is 9.97. The van der Waals surface area contributed by atoms with Gasteiger partial charge in [-0.25, -0.2) is 4.98 Å². The lowest BCUT2D eigenvalue weighted by Gasteiger charge is -1.99. The number of aliphatic hydroxyl groups is 1. The molecule has 1 amide bonds. The van der Waals surface area contributed by atoms with Crippen molar-refractivity contribution in [2.45, 2.75) is 13.2 Å². The maximum absolute atomic E-state index is 10.8. The van der Waals surface area contributed by atoms with Gasteiger partial charge in [0.2, 0.25) is 5.91 Å². The minimum atomic E-state index is -0.429. The molecule has 0 bridgehead atoms. The zero-order valence-corrected chi connectivity index (χ0v) is 8.05. The van der Waals surface area contributed by atoms with Crippen LogP contribution in [0.5, 0.6) is 0 Å². The van der Waals surface area contributed by atoms with Crippen LogP contribution in [0.25, 0.3) is 11.0 Å². The Bertz CT molecular complexity index is 504. The van der Waals surface area contributed by atoms with Gasteiger partial charge >= 0.3 is 0 Å². The van der Waals surface area contributed by atoms with Gasteiger partial charge in [0.15, 0.2) is 0 Å². The van der Waals surface area contributed by atoms with E-state index in [0.717, 1.165) is 10.9 Å². The quantitative estimate of drug-likeness (QED) is 0.740. The Morgan fingerprint density at radius 3 is 3.07 bits per heavy atom. The van der Waals surface area contributed by atoms with E-state index in [1.165, 1.54) is 0 Å². The second kappa shape index (κ2) is 3.70. The normalized spacial score (nSPS) is 10.7. The van der Waals surface area contributed by atoms with Crippen molar-refractivity contribution in [1.29, 1.82) is 0 Å². The molecule has 2 rings (SSSR count). The van der Waals surface area contributed by atoms with Crippen LogP contribution >= 0.6 is 0 Å². The van der Waals surface area contributed by atoms with Crippen molar-refractivity contribution in [2.24, 2.45) is 5.73 Å². The zero-order valence-electron chi connectivity index (χ0n) is 8.05. The zero-order chi connectivity index (χ0) is 10.8. The number of carbonyl (C=O) groups is 1. The lowest BCUT2D eigenvalue weighted by Crippen LogP contribution is -2.18. The van der Waals surface area contributed by atoms with Gasteiger partial charge in [-0.2, -0.15) is 0 Å². The Hall–Kier alpha value is -1.88. The Labute approximate surface area is 86.1 Å². The molecule has 0 aliphatic heterocycles. The number of aromatic nitrogens is 2. The summed E-state index contributed by atoms with van der Waals surface area (Å²) in [6.07, 6.45) is 3.34. The third-order valence-electron chi connectivity index (χ3n) is 2.21. The second-order valence-electron chi connectivity index (χ2n) is 3.28. The first-order valence-corrected chi connectivity index (χ1v) is 4.54. The predicted octanol–water partition coefficient (Wildman–Crippen LogP) is 0.0139. The first-order chi connectivity index (χ1) is 7.22. The number of rotatable bonds is 3. The van der Waals surface area contributed by atoms with E-state index in [1.54, 1.807) is 23.0 Å². The highest BCUT2D eigenvalue weighted by Gasteiger charge is 2.09. The van der Waals surface area contributed by atoms with E-state index in [0.29, 0.717) is 5.65 Å². The van der Waals surface area contributed by atoms with Crippen LogP contribution in [-0.4, -0.2) is 20.6 Å². The molecule has 0 aromatic carbocycles. The number of hydrogen-bond acceptors (Lipinski definition) is 3. The summed E-state index contributed by atoms with van der Waals surface area (Å²) >= 11 is 0. The molecular formula is C10H11N3O2. The van der Waals surface area contributed by atoms with Crippen molar-refractivity contribution in [3.05, 3.63) is 30.1 Å². The highest BCUT2D eigenvalue weighted by atomic mass is 16.3. The average Bonchev–Trinajstić information content (AvgIpc) is 2.56. The van der Waals surface area contributed by atoms with Gasteiger partial charge < -0.3 is 15.4 Å². The Morgan fingerprint density at radius 2 is 2.40 bits per heavy atom. The van der Waals surface area contributed by atoms with Crippen molar-refractivity contribution in [3.8, 4) is 0 Å². The van der Waals surface area contributed by atoms with Crippen LogP contribution in [0.1, 0.15) is 5.56 Å². The standard InChI is InChI=1S/C10H11N3O2/c11-9(15)5-13-4-7(6-14)8-2-1-3-12-10(8)13/h1-4,14H,5-6H2,(H2,11,15). The van der Waals surface area contributed by atoms with Crippen LogP contribution in [0, 0.1) is 0 Å². The Kier molecular flexibility index (Phi) is 2.39. The van der Waals surface area contributed by atoms with E-state index in [-0.39, 0.29) is 13.2 Å². The number of fused-ring (bicyclic) bond motifs is 1. The first-order valence-electron chi connectivity index (χ1n) is 4.54. The third kappa shape index (κ3) is 1.69. The Balaban J connectivity index is 2.59. The SMILES string of the molecule is NC(=O)Cn1cc(CO)c2cccnc21. The molecule has 0 saturated heterocycles. The second-order valence-corrected chi connectivity index (χ2v) is 3.28. The van der Waals surface area contributed by atoms with Crippen molar-refractivity contribution in [3.63, 3.8) is 0 Å². The van der Waals surface area contributed by atoms with Crippen LogP contribution < -0.4 is 5.73 Å². The molecule has 2 heterocycles. The van der Waals surface area contributed by atoms with Gasteiger partial charge in [-0.3, -0.25) is 4.79 Å². The van der Waals surface area contributed by atoms with Crippen LogP contribution in [0.4, 0.5) is 0 Å². The van der Waals surface area contributed by atoms with Crippen molar-refractivity contribution in [1.82, 2.24) is 9.55 Å². The van der Waals surface area contributed by atoms with Gasteiger partial charge in [-0.05, 0) is 12.1 Å². The lowest BCUT2D eigenvalue weighted by molar-refractivity contribution is -0.118. The average molecular weight is 205 g/mol. The monoisotopic (exact) mass is 205 g/mol. The van der Waals surface area contributed by atoms with Gasteiger partial charge in [-0.1, -0.05) is 0 Å². The summed E-state index contributed by atoms with van der Waals surface area (Å²) < 4.78 is 1.64. The Morgan fingerprint density at radius 1 is 1.60 bits per heavy atom. The fourth-order valence-corrected chi connectivity index (χ4v) is 1.61. The molecule has 5 nitrogen and oxygen atoms in total. The molecule has 15 heavy (non-hydrogen) atoms. The molecule has 0 fully saturated rings. The molecular weight excluding hydrogens is 194 g/mol. The summed E-state index contributed by atoms with van der Waals surface area (Å²) in [4.78, 5) is 15.0. The molecule has 0 saturated carbocycles. The topological polar surface area (TPSA) is 81.1 Å². The molecule has 3 N–H and O–H groups in total. The predicted molar refractivity (Wildman–Crippen MR) is 54.9 cm³/mol. The van der Waals surface area contributed by atoms with E-state index < -0.39 is 5.91 Å². The maximum atomic E-state index is 10.8. The maximum Gasteiger partial charge on any atom is 0.237 e. The van der Waals surface area contributed by atoms with Crippen LogP contribution in [-0.2, 0) is 17.9 Å². The largest absolute Gasteiger partial charge is 0.392 e. The van der Waals surface area contributed by atoms with E-state index in [2.05, 4.69) is 4.98 Å². The summed E-state index contributed by atoms with van der Waals surface area (Å²) in [5.41, 5.74) is 6.53. The smallest absolute Gasteiger partial charge is 0.237 e. The number of hydrogen-bond donors (Lipinski definition) is 2. The molecule has 5 heteroatoms. The molecule has 0 aliphatic rings. The number of carbonyl (C=O) groups excluding carboxylic acids is 1. The first kappa shape index (κ1) is 9.67. The molecule has 2 aromatic heterocycles.